The molecule has 186 valence electrons. The molecule has 34 heavy (non-hydrogen) atoms. The van der Waals surface area contributed by atoms with Crippen LogP contribution in [-0.4, -0.2) is 54.4 Å². The normalized spacial score (nSPS) is 14.3. The van der Waals surface area contributed by atoms with E-state index in [4.69, 9.17) is 11.6 Å². The molecule has 0 aliphatic rings. The first-order valence-corrected chi connectivity index (χ1v) is 11.5. The van der Waals surface area contributed by atoms with E-state index in [2.05, 4.69) is 5.32 Å². The van der Waals surface area contributed by atoms with Crippen LogP contribution in [0.4, 0.5) is 18.9 Å². The Balaban J connectivity index is 2.27. The van der Waals surface area contributed by atoms with Crippen molar-refractivity contribution in [1.82, 2.24) is 5.32 Å². The van der Waals surface area contributed by atoms with E-state index >= 15 is 0 Å². The zero-order valence-corrected chi connectivity index (χ0v) is 19.8. The number of aliphatic hydroxyl groups is 2. The minimum absolute atomic E-state index is 0.147. The average Bonchev–Trinajstić information content (AvgIpc) is 2.73. The number of hydrogen-bond acceptors (Lipinski definition) is 6. The molecule has 1 unspecified atom stereocenters. The van der Waals surface area contributed by atoms with Crippen molar-refractivity contribution in [3.8, 4) is 0 Å². The third kappa shape index (κ3) is 5.87. The molecule has 1 atom stereocenters. The molecule has 0 aliphatic heterocycles. The minimum atomic E-state index is -5.25. The van der Waals surface area contributed by atoms with Crippen LogP contribution in [-0.2, 0) is 14.6 Å². The smallest absolute Gasteiger partial charge is 0.394 e. The van der Waals surface area contributed by atoms with E-state index in [-0.39, 0.29) is 39.6 Å². The summed E-state index contributed by atoms with van der Waals surface area (Å²) in [7, 11) is -4.14. The number of nitrogens with one attached hydrogen (secondary N) is 2. The number of aliphatic hydroxyl groups excluding tert-OH is 1. The van der Waals surface area contributed by atoms with Crippen molar-refractivity contribution < 1.29 is 41.4 Å². The lowest BCUT2D eigenvalue weighted by Gasteiger charge is -2.25. The highest BCUT2D eigenvalue weighted by molar-refractivity contribution is 7.91. The predicted molar refractivity (Wildman–Crippen MR) is 117 cm³/mol. The summed E-state index contributed by atoms with van der Waals surface area (Å²) in [6.07, 6.45) is -5.25. The second-order valence-corrected chi connectivity index (χ2v) is 10.5. The van der Waals surface area contributed by atoms with Crippen molar-refractivity contribution in [2.75, 3.05) is 11.9 Å². The van der Waals surface area contributed by atoms with E-state index < -0.39 is 39.0 Å². The second kappa shape index (κ2) is 9.53. The van der Waals surface area contributed by atoms with Crippen molar-refractivity contribution >= 4 is 38.9 Å². The molecule has 13 heteroatoms. The van der Waals surface area contributed by atoms with Gasteiger partial charge in [0.15, 0.2) is 0 Å². The summed E-state index contributed by atoms with van der Waals surface area (Å²) in [6, 6.07) is 7.83. The van der Waals surface area contributed by atoms with Crippen LogP contribution in [0.2, 0.25) is 5.02 Å². The first kappa shape index (κ1) is 27.6. The van der Waals surface area contributed by atoms with Crippen LogP contribution in [0.1, 0.15) is 31.1 Å². The van der Waals surface area contributed by atoms with Gasteiger partial charge >= 0.3 is 6.18 Å². The summed E-state index contributed by atoms with van der Waals surface area (Å²) in [4.78, 5) is 23.5. The monoisotopic (exact) mass is 522 g/mol. The van der Waals surface area contributed by atoms with Gasteiger partial charge in [-0.05, 0) is 63.2 Å². The topological polar surface area (TPSA) is 133 Å². The van der Waals surface area contributed by atoms with Gasteiger partial charge in [0.05, 0.1) is 32.6 Å². The summed E-state index contributed by atoms with van der Waals surface area (Å²) in [6.45, 7) is 3.16. The fourth-order valence-electron chi connectivity index (χ4n) is 2.48. The van der Waals surface area contributed by atoms with Crippen LogP contribution in [0.25, 0.3) is 0 Å². The highest BCUT2D eigenvalue weighted by Gasteiger charge is 2.55. The molecule has 0 aliphatic carbocycles. The molecule has 2 amide bonds. The second-order valence-electron chi connectivity index (χ2n) is 8.19. The molecule has 0 heterocycles. The van der Waals surface area contributed by atoms with Gasteiger partial charge in [0, 0.05) is 5.56 Å². The molecular formula is C21H22ClF3N2O6S. The van der Waals surface area contributed by atoms with Gasteiger partial charge in [-0.15, -0.1) is 0 Å². The van der Waals surface area contributed by atoms with Gasteiger partial charge in [-0.25, -0.2) is 8.42 Å². The maximum atomic E-state index is 12.9. The molecule has 0 radical (unpaired) electrons. The number of alkyl halides is 3. The van der Waals surface area contributed by atoms with E-state index in [0.29, 0.717) is 0 Å². The van der Waals surface area contributed by atoms with Crippen molar-refractivity contribution in [2.24, 2.45) is 0 Å². The highest BCUT2D eigenvalue weighted by atomic mass is 35.5. The minimum Gasteiger partial charge on any atom is -0.394 e. The maximum Gasteiger partial charge on any atom is 0.426 e. The Morgan fingerprint density at radius 1 is 1.00 bits per heavy atom. The van der Waals surface area contributed by atoms with Crippen LogP contribution < -0.4 is 10.6 Å². The first-order valence-electron chi connectivity index (χ1n) is 9.61. The number of hydrogen-bond donors (Lipinski definition) is 4. The molecular weight excluding hydrogens is 501 g/mol. The molecule has 2 rings (SSSR count). The zero-order chi connectivity index (χ0) is 26.1. The lowest BCUT2D eigenvalue weighted by molar-refractivity contribution is -0.242. The number of anilines is 1. The van der Waals surface area contributed by atoms with Gasteiger partial charge < -0.3 is 20.8 Å². The third-order valence-corrected chi connectivity index (χ3v) is 6.85. The van der Waals surface area contributed by atoms with E-state index in [9.17, 15) is 41.4 Å². The summed E-state index contributed by atoms with van der Waals surface area (Å²) in [5.41, 5.74) is -4.77. The maximum absolute atomic E-state index is 12.9. The summed E-state index contributed by atoms with van der Waals surface area (Å²) in [5, 5.41) is 22.7. The van der Waals surface area contributed by atoms with Crippen LogP contribution in [0, 0.1) is 0 Å². The van der Waals surface area contributed by atoms with Crippen molar-refractivity contribution in [3.05, 3.63) is 53.1 Å². The number of carbonyl (C=O) groups excluding carboxylic acids is 2. The predicted octanol–water partition coefficient (Wildman–Crippen LogP) is 2.93. The molecule has 0 saturated heterocycles. The fourth-order valence-corrected chi connectivity index (χ4v) is 4.06. The Morgan fingerprint density at radius 3 is 2.00 bits per heavy atom. The summed E-state index contributed by atoms with van der Waals surface area (Å²) in [5.74, 6) is -2.32. The van der Waals surface area contributed by atoms with Crippen molar-refractivity contribution in [1.29, 1.82) is 0 Å². The average molecular weight is 523 g/mol. The number of benzene rings is 2. The first-order chi connectivity index (χ1) is 15.4. The van der Waals surface area contributed by atoms with E-state index in [1.807, 2.05) is 5.32 Å². The van der Waals surface area contributed by atoms with Gasteiger partial charge in [0.1, 0.15) is 0 Å². The zero-order valence-electron chi connectivity index (χ0n) is 18.2. The number of rotatable bonds is 7. The molecule has 8 nitrogen and oxygen atoms in total. The van der Waals surface area contributed by atoms with Crippen LogP contribution >= 0.6 is 11.6 Å². The fraction of sp³-hybridized carbons (Fsp3) is 0.333. The van der Waals surface area contributed by atoms with E-state index in [1.165, 1.54) is 24.3 Å². The molecule has 0 bridgehead atoms. The Kier molecular flexibility index (Phi) is 7.73. The Labute approximate surface area is 198 Å². The Hall–Kier alpha value is -2.67. The lowest BCUT2D eigenvalue weighted by atomic mass is 10.1. The molecule has 0 fully saturated rings. The SMILES string of the molecule is CC(C)(CO)NC(=O)c1ccc(S(=O)(=O)c2ccc(NC(=O)C(C)(O)C(F)(F)F)c(Cl)c2)cc1. The standard InChI is InChI=1S/C21H22ClF3N2O6S/c1-19(2,11-28)27-17(29)12-4-6-13(7-5-12)34(32,33)14-8-9-16(15(22)10-14)26-18(30)20(3,31)21(23,24)25/h4-10,28,31H,11H2,1-3H3,(H,26,30)(H,27,29). The molecule has 0 spiro atoms. The van der Waals surface area contributed by atoms with Crippen LogP contribution in [0.3, 0.4) is 0 Å². The largest absolute Gasteiger partial charge is 0.426 e. The quantitative estimate of drug-likeness (QED) is 0.442. The number of amides is 2. The molecule has 4 N–H and O–H groups in total. The van der Waals surface area contributed by atoms with Crippen molar-refractivity contribution in [2.45, 2.75) is 47.9 Å². The summed E-state index contributed by atoms with van der Waals surface area (Å²) >= 11 is 5.96. The Bertz CT molecular complexity index is 1200. The van der Waals surface area contributed by atoms with Crippen LogP contribution in [0.15, 0.2) is 52.3 Å². The number of halogens is 4. The van der Waals surface area contributed by atoms with E-state index in [0.717, 1.165) is 18.2 Å². The summed E-state index contributed by atoms with van der Waals surface area (Å²) < 4.78 is 64.2. The van der Waals surface area contributed by atoms with Gasteiger partial charge in [0.2, 0.25) is 15.4 Å². The number of sulfone groups is 1. The molecule has 2 aromatic rings. The van der Waals surface area contributed by atoms with Gasteiger partial charge in [-0.2, -0.15) is 13.2 Å². The molecule has 0 aromatic heterocycles. The number of carbonyl (C=O) groups is 2. The van der Waals surface area contributed by atoms with Crippen molar-refractivity contribution in [3.63, 3.8) is 0 Å². The van der Waals surface area contributed by atoms with Gasteiger partial charge in [-0.3, -0.25) is 9.59 Å². The molecule has 2 aromatic carbocycles. The van der Waals surface area contributed by atoms with E-state index in [1.54, 1.807) is 13.8 Å². The highest BCUT2D eigenvalue weighted by Crippen LogP contribution is 2.33. The van der Waals surface area contributed by atoms with Gasteiger partial charge in [0.25, 0.3) is 11.8 Å². The van der Waals surface area contributed by atoms with Crippen LogP contribution in [0.5, 0.6) is 0 Å². The van der Waals surface area contributed by atoms with Gasteiger partial charge in [-0.1, -0.05) is 11.6 Å². The lowest BCUT2D eigenvalue weighted by Crippen LogP contribution is -2.52. The third-order valence-electron chi connectivity index (χ3n) is 4.77. The Morgan fingerprint density at radius 2 is 1.53 bits per heavy atom. The molecule has 0 saturated carbocycles.